The Bertz CT molecular complexity index is 479. The van der Waals surface area contributed by atoms with Crippen LogP contribution in [0.2, 0.25) is 0 Å². The minimum absolute atomic E-state index is 0.0937. The molecular formula is C14H17NO4S. The molecule has 5 nitrogen and oxygen atoms in total. The summed E-state index contributed by atoms with van der Waals surface area (Å²) < 4.78 is 5.38. The van der Waals surface area contributed by atoms with Crippen molar-refractivity contribution in [3.8, 4) is 0 Å². The van der Waals surface area contributed by atoms with E-state index >= 15 is 0 Å². The second kappa shape index (κ2) is 6.76. The van der Waals surface area contributed by atoms with Gasteiger partial charge in [-0.2, -0.15) is 0 Å². The number of amides is 1. The topological polar surface area (TPSA) is 66.8 Å². The minimum Gasteiger partial charge on any atom is -0.480 e. The van der Waals surface area contributed by atoms with Gasteiger partial charge in [0.05, 0.1) is 12.0 Å². The maximum Gasteiger partial charge on any atom is 0.327 e. The molecule has 2 atom stereocenters. The van der Waals surface area contributed by atoms with Crippen LogP contribution in [-0.2, 0) is 20.9 Å². The number of hydrogen-bond acceptors (Lipinski definition) is 4. The Morgan fingerprint density at radius 2 is 2.10 bits per heavy atom. The van der Waals surface area contributed by atoms with Crippen molar-refractivity contribution in [1.29, 1.82) is 0 Å². The molecule has 1 fully saturated rings. The summed E-state index contributed by atoms with van der Waals surface area (Å²) in [4.78, 5) is 24.6. The van der Waals surface area contributed by atoms with E-state index in [0.717, 1.165) is 5.56 Å². The highest BCUT2D eigenvalue weighted by molar-refractivity contribution is 8.00. The molecule has 108 valence electrons. The van der Waals surface area contributed by atoms with Crippen molar-refractivity contribution in [2.75, 3.05) is 12.4 Å². The molecule has 1 aromatic carbocycles. The van der Waals surface area contributed by atoms with E-state index in [1.54, 1.807) is 0 Å². The van der Waals surface area contributed by atoms with Gasteiger partial charge in [-0.05, 0) is 12.5 Å². The lowest BCUT2D eigenvalue weighted by Gasteiger charge is -2.24. The van der Waals surface area contributed by atoms with Crippen molar-refractivity contribution in [3.05, 3.63) is 35.9 Å². The number of rotatable bonds is 5. The molecule has 0 bridgehead atoms. The van der Waals surface area contributed by atoms with Crippen molar-refractivity contribution < 1.29 is 19.4 Å². The standard InChI is InChI=1S/C14H17NO4S/c1-10-15(12(9-20-10)14(17)18)13(16)8-19-7-11-5-3-2-4-6-11/h2-6,10,12H,7-9H2,1H3,(H,17,18). The van der Waals surface area contributed by atoms with Crippen LogP contribution in [0.1, 0.15) is 12.5 Å². The number of hydrogen-bond donors (Lipinski definition) is 1. The van der Waals surface area contributed by atoms with E-state index in [2.05, 4.69) is 0 Å². The van der Waals surface area contributed by atoms with Crippen LogP contribution in [-0.4, -0.2) is 45.7 Å². The number of thioether (sulfide) groups is 1. The fourth-order valence-corrected chi connectivity index (χ4v) is 3.31. The zero-order valence-electron chi connectivity index (χ0n) is 11.2. The van der Waals surface area contributed by atoms with Gasteiger partial charge < -0.3 is 14.7 Å². The largest absolute Gasteiger partial charge is 0.480 e. The first-order chi connectivity index (χ1) is 9.59. The summed E-state index contributed by atoms with van der Waals surface area (Å²) in [6.07, 6.45) is 0. The summed E-state index contributed by atoms with van der Waals surface area (Å²) in [5.74, 6) is -0.801. The van der Waals surface area contributed by atoms with Crippen molar-refractivity contribution in [1.82, 2.24) is 4.90 Å². The van der Waals surface area contributed by atoms with Gasteiger partial charge in [0.1, 0.15) is 12.6 Å². The second-order valence-electron chi connectivity index (χ2n) is 4.57. The van der Waals surface area contributed by atoms with Crippen LogP contribution in [0, 0.1) is 0 Å². The molecule has 1 heterocycles. The molecule has 1 N–H and O–H groups in total. The number of carbonyl (C=O) groups excluding carboxylic acids is 1. The lowest BCUT2D eigenvalue weighted by molar-refractivity contribution is -0.151. The van der Waals surface area contributed by atoms with E-state index in [1.807, 2.05) is 37.3 Å². The number of carbonyl (C=O) groups is 2. The molecule has 20 heavy (non-hydrogen) atoms. The van der Waals surface area contributed by atoms with Crippen molar-refractivity contribution in [2.45, 2.75) is 24.9 Å². The highest BCUT2D eigenvalue weighted by Crippen LogP contribution is 2.28. The molecule has 0 aromatic heterocycles. The van der Waals surface area contributed by atoms with Gasteiger partial charge in [0.25, 0.3) is 0 Å². The molecule has 0 saturated carbocycles. The summed E-state index contributed by atoms with van der Waals surface area (Å²) in [6.45, 7) is 2.09. The summed E-state index contributed by atoms with van der Waals surface area (Å²) in [5.41, 5.74) is 0.985. The van der Waals surface area contributed by atoms with E-state index in [1.165, 1.54) is 16.7 Å². The predicted molar refractivity (Wildman–Crippen MR) is 76.3 cm³/mol. The Balaban J connectivity index is 1.86. The van der Waals surface area contributed by atoms with Crippen LogP contribution >= 0.6 is 11.8 Å². The summed E-state index contributed by atoms with van der Waals surface area (Å²) >= 11 is 1.47. The first-order valence-electron chi connectivity index (χ1n) is 6.37. The Labute approximate surface area is 121 Å². The van der Waals surface area contributed by atoms with Gasteiger partial charge in [-0.25, -0.2) is 4.79 Å². The molecule has 1 aromatic rings. The number of benzene rings is 1. The fourth-order valence-electron chi connectivity index (χ4n) is 2.12. The maximum atomic E-state index is 12.1. The normalized spacial score (nSPS) is 21.9. The lowest BCUT2D eigenvalue weighted by atomic mass is 10.2. The third-order valence-electron chi connectivity index (χ3n) is 3.13. The average Bonchev–Trinajstić information content (AvgIpc) is 2.82. The third-order valence-corrected chi connectivity index (χ3v) is 4.35. The van der Waals surface area contributed by atoms with Crippen LogP contribution < -0.4 is 0 Å². The summed E-state index contributed by atoms with van der Waals surface area (Å²) in [6, 6.07) is 8.80. The first kappa shape index (κ1) is 14.9. The first-order valence-corrected chi connectivity index (χ1v) is 7.41. The molecule has 6 heteroatoms. The van der Waals surface area contributed by atoms with Gasteiger partial charge in [0, 0.05) is 5.75 Å². The lowest BCUT2D eigenvalue weighted by Crippen LogP contribution is -2.46. The van der Waals surface area contributed by atoms with E-state index in [0.29, 0.717) is 12.4 Å². The van der Waals surface area contributed by atoms with Crippen molar-refractivity contribution in [2.24, 2.45) is 0 Å². The van der Waals surface area contributed by atoms with Gasteiger partial charge >= 0.3 is 5.97 Å². The van der Waals surface area contributed by atoms with Crippen LogP contribution in [0.4, 0.5) is 0 Å². The van der Waals surface area contributed by atoms with Crippen LogP contribution in [0.15, 0.2) is 30.3 Å². The Kier molecular flexibility index (Phi) is 5.03. The molecule has 2 unspecified atom stereocenters. The molecule has 0 spiro atoms. The Morgan fingerprint density at radius 3 is 2.75 bits per heavy atom. The van der Waals surface area contributed by atoms with Crippen LogP contribution in [0.25, 0.3) is 0 Å². The van der Waals surface area contributed by atoms with E-state index in [4.69, 9.17) is 9.84 Å². The summed E-state index contributed by atoms with van der Waals surface area (Å²) in [5, 5.41) is 8.98. The molecule has 0 aliphatic carbocycles. The minimum atomic E-state index is -0.960. The Hall–Kier alpha value is -1.53. The molecule has 1 aliphatic heterocycles. The van der Waals surface area contributed by atoms with Crippen molar-refractivity contribution in [3.63, 3.8) is 0 Å². The SMILES string of the molecule is CC1SCC(C(=O)O)N1C(=O)COCc1ccccc1. The quantitative estimate of drug-likeness (QED) is 0.893. The number of carboxylic acid groups (broad SMARTS) is 1. The molecule has 1 aliphatic rings. The Morgan fingerprint density at radius 1 is 1.40 bits per heavy atom. The zero-order valence-corrected chi connectivity index (χ0v) is 12.0. The molecular weight excluding hydrogens is 278 g/mol. The third kappa shape index (κ3) is 3.52. The highest BCUT2D eigenvalue weighted by Gasteiger charge is 2.39. The van der Waals surface area contributed by atoms with Crippen LogP contribution in [0.5, 0.6) is 0 Å². The van der Waals surface area contributed by atoms with Gasteiger partial charge in [-0.3, -0.25) is 4.79 Å². The smallest absolute Gasteiger partial charge is 0.327 e. The molecule has 0 radical (unpaired) electrons. The van der Waals surface area contributed by atoms with E-state index in [9.17, 15) is 9.59 Å². The number of carboxylic acids is 1. The van der Waals surface area contributed by atoms with E-state index < -0.39 is 12.0 Å². The second-order valence-corrected chi connectivity index (χ2v) is 5.91. The van der Waals surface area contributed by atoms with Gasteiger partial charge in [-0.1, -0.05) is 30.3 Å². The van der Waals surface area contributed by atoms with E-state index in [-0.39, 0.29) is 17.9 Å². The van der Waals surface area contributed by atoms with Crippen LogP contribution in [0.3, 0.4) is 0 Å². The predicted octanol–water partition coefficient (Wildman–Crippen LogP) is 1.58. The number of aliphatic carboxylic acids is 1. The van der Waals surface area contributed by atoms with Gasteiger partial charge in [0.2, 0.25) is 5.91 Å². The summed E-state index contributed by atoms with van der Waals surface area (Å²) in [7, 11) is 0. The molecule has 1 saturated heterocycles. The molecule has 2 rings (SSSR count). The number of nitrogens with zero attached hydrogens (tertiary/aromatic N) is 1. The zero-order chi connectivity index (χ0) is 14.5. The van der Waals surface area contributed by atoms with Crippen molar-refractivity contribution >= 4 is 23.6 Å². The number of ether oxygens (including phenoxy) is 1. The maximum absolute atomic E-state index is 12.1. The van der Waals surface area contributed by atoms with Gasteiger partial charge in [-0.15, -0.1) is 11.8 Å². The molecule has 1 amide bonds. The van der Waals surface area contributed by atoms with Gasteiger partial charge in [0.15, 0.2) is 0 Å². The average molecular weight is 295 g/mol. The highest BCUT2D eigenvalue weighted by atomic mass is 32.2. The fraction of sp³-hybridized carbons (Fsp3) is 0.429. The monoisotopic (exact) mass is 295 g/mol.